The predicted octanol–water partition coefficient (Wildman–Crippen LogP) is 4.68. The second-order valence-electron chi connectivity index (χ2n) is 6.10. The molecule has 0 saturated carbocycles. The summed E-state index contributed by atoms with van der Waals surface area (Å²) >= 11 is 3.44. The van der Waals surface area contributed by atoms with E-state index in [2.05, 4.69) is 26.5 Å². The Balaban J connectivity index is 1.57. The van der Waals surface area contributed by atoms with Crippen molar-refractivity contribution in [2.45, 2.75) is 0 Å². The molecule has 6 nitrogen and oxygen atoms in total. The van der Waals surface area contributed by atoms with Crippen molar-refractivity contribution in [1.82, 2.24) is 5.43 Å². The van der Waals surface area contributed by atoms with Crippen LogP contribution in [-0.4, -0.2) is 32.4 Å². The van der Waals surface area contributed by atoms with Gasteiger partial charge in [-0.1, -0.05) is 46.3 Å². The van der Waals surface area contributed by atoms with Crippen LogP contribution in [0.5, 0.6) is 17.2 Å². The van der Waals surface area contributed by atoms with Crippen LogP contribution in [0.2, 0.25) is 0 Å². The van der Waals surface area contributed by atoms with Gasteiger partial charge in [0.2, 0.25) is 0 Å². The van der Waals surface area contributed by atoms with E-state index in [1.807, 2.05) is 48.5 Å². The van der Waals surface area contributed by atoms with Crippen LogP contribution in [-0.2, 0) is 0 Å². The Hall–Kier alpha value is -3.32. The summed E-state index contributed by atoms with van der Waals surface area (Å²) in [6, 6.07) is 21.9. The van der Waals surface area contributed by atoms with Gasteiger partial charge in [0.05, 0.1) is 13.3 Å². The number of nitrogens with one attached hydrogen (secondary N) is 1. The molecule has 0 aliphatic rings. The number of amides is 1. The van der Waals surface area contributed by atoms with Crippen molar-refractivity contribution in [3.63, 3.8) is 0 Å². The molecule has 7 heteroatoms. The van der Waals surface area contributed by atoms with Crippen LogP contribution >= 0.6 is 15.9 Å². The van der Waals surface area contributed by atoms with Crippen molar-refractivity contribution in [3.8, 4) is 17.2 Å². The minimum absolute atomic E-state index is 0.283. The lowest BCUT2D eigenvalue weighted by Gasteiger charge is -2.12. The number of hydrogen-bond donors (Lipinski definition) is 1. The fraction of sp³-hybridized carbons (Fsp3) is 0.130. The predicted molar refractivity (Wildman–Crippen MR) is 120 cm³/mol. The molecule has 0 aliphatic heterocycles. The molecule has 30 heavy (non-hydrogen) atoms. The van der Waals surface area contributed by atoms with Crippen LogP contribution in [0.1, 0.15) is 15.9 Å². The number of carbonyl (C=O) groups is 1. The Morgan fingerprint density at radius 1 is 0.933 bits per heavy atom. The van der Waals surface area contributed by atoms with Gasteiger partial charge in [0.15, 0.2) is 11.5 Å². The summed E-state index contributed by atoms with van der Waals surface area (Å²) in [6.45, 7) is 0.675. The third-order valence-corrected chi connectivity index (χ3v) is 4.54. The number of hydrazone groups is 1. The van der Waals surface area contributed by atoms with Gasteiger partial charge in [-0.25, -0.2) is 5.43 Å². The zero-order valence-corrected chi connectivity index (χ0v) is 18.0. The number of carbonyl (C=O) groups excluding carboxylic acids is 1. The summed E-state index contributed by atoms with van der Waals surface area (Å²) in [5.74, 6) is 1.67. The van der Waals surface area contributed by atoms with Gasteiger partial charge >= 0.3 is 0 Å². The number of benzene rings is 3. The van der Waals surface area contributed by atoms with Gasteiger partial charge in [-0.2, -0.15) is 5.10 Å². The fourth-order valence-corrected chi connectivity index (χ4v) is 2.99. The van der Waals surface area contributed by atoms with E-state index in [0.29, 0.717) is 36.0 Å². The van der Waals surface area contributed by atoms with Gasteiger partial charge in [-0.3, -0.25) is 4.79 Å². The molecule has 154 valence electrons. The first-order chi connectivity index (χ1) is 14.7. The van der Waals surface area contributed by atoms with Gasteiger partial charge in [0.1, 0.15) is 19.0 Å². The second kappa shape index (κ2) is 11.0. The van der Waals surface area contributed by atoms with E-state index in [9.17, 15) is 4.79 Å². The molecular formula is C23H21BrN2O4. The van der Waals surface area contributed by atoms with Crippen LogP contribution in [0.25, 0.3) is 0 Å². The standard InChI is InChI=1S/C23H21BrN2O4/c1-28-21-9-5-6-10-22(21)30-14-13-29-20-12-11-19(24)15-18(20)16-25-26-23(27)17-7-3-2-4-8-17/h2-12,15-16H,13-14H2,1H3,(H,26,27)/b25-16+. The topological polar surface area (TPSA) is 69.2 Å². The van der Waals surface area contributed by atoms with Gasteiger partial charge < -0.3 is 14.2 Å². The minimum atomic E-state index is -0.283. The quantitative estimate of drug-likeness (QED) is 0.281. The first-order valence-electron chi connectivity index (χ1n) is 9.24. The zero-order valence-electron chi connectivity index (χ0n) is 16.4. The van der Waals surface area contributed by atoms with Gasteiger partial charge in [0.25, 0.3) is 5.91 Å². The highest BCUT2D eigenvalue weighted by Gasteiger charge is 2.06. The summed E-state index contributed by atoms with van der Waals surface area (Å²) in [7, 11) is 1.60. The summed E-state index contributed by atoms with van der Waals surface area (Å²) in [6.07, 6.45) is 1.54. The molecule has 3 aromatic rings. The lowest BCUT2D eigenvalue weighted by atomic mass is 10.2. The number of rotatable bonds is 9. The third kappa shape index (κ3) is 6.09. The SMILES string of the molecule is COc1ccccc1OCCOc1ccc(Br)cc1/C=N/NC(=O)c1ccccc1. The zero-order chi connectivity index (χ0) is 21.2. The fourth-order valence-electron chi connectivity index (χ4n) is 2.61. The maximum absolute atomic E-state index is 12.1. The van der Waals surface area contributed by atoms with Crippen molar-refractivity contribution in [3.05, 3.63) is 88.4 Å². The first kappa shape index (κ1) is 21.4. The molecule has 1 N–H and O–H groups in total. The maximum Gasteiger partial charge on any atom is 0.271 e. The smallest absolute Gasteiger partial charge is 0.271 e. The Labute approximate surface area is 183 Å². The molecule has 0 aromatic heterocycles. The monoisotopic (exact) mass is 468 g/mol. The van der Waals surface area contributed by atoms with Crippen LogP contribution in [0.4, 0.5) is 0 Å². The molecule has 1 amide bonds. The van der Waals surface area contributed by atoms with Gasteiger partial charge in [-0.05, 0) is 42.5 Å². The molecule has 0 spiro atoms. The Morgan fingerprint density at radius 3 is 2.33 bits per heavy atom. The van der Waals surface area contributed by atoms with E-state index in [1.54, 1.807) is 37.6 Å². The van der Waals surface area contributed by atoms with Crippen LogP contribution in [0, 0.1) is 0 Å². The average molecular weight is 469 g/mol. The molecule has 0 bridgehead atoms. The van der Waals surface area contributed by atoms with Crippen LogP contribution in [0.3, 0.4) is 0 Å². The molecule has 3 rings (SSSR count). The van der Waals surface area contributed by atoms with E-state index in [0.717, 1.165) is 10.0 Å². The summed E-state index contributed by atoms with van der Waals surface area (Å²) in [5.41, 5.74) is 3.77. The molecular weight excluding hydrogens is 448 g/mol. The van der Waals surface area contributed by atoms with Crippen molar-refractivity contribution in [1.29, 1.82) is 0 Å². The van der Waals surface area contributed by atoms with Crippen LogP contribution < -0.4 is 19.6 Å². The van der Waals surface area contributed by atoms with Crippen molar-refractivity contribution in [2.75, 3.05) is 20.3 Å². The number of halogens is 1. The molecule has 3 aromatic carbocycles. The van der Waals surface area contributed by atoms with Gasteiger partial charge in [0, 0.05) is 15.6 Å². The van der Waals surface area contributed by atoms with Crippen molar-refractivity contribution < 1.29 is 19.0 Å². The maximum atomic E-state index is 12.1. The van der Waals surface area contributed by atoms with E-state index in [1.165, 1.54) is 0 Å². The van der Waals surface area contributed by atoms with E-state index >= 15 is 0 Å². The van der Waals surface area contributed by atoms with Crippen molar-refractivity contribution in [2.24, 2.45) is 5.10 Å². The summed E-state index contributed by atoms with van der Waals surface area (Å²) < 4.78 is 17.7. The second-order valence-corrected chi connectivity index (χ2v) is 7.01. The number of nitrogens with zero attached hydrogens (tertiary/aromatic N) is 1. The van der Waals surface area contributed by atoms with E-state index in [-0.39, 0.29) is 5.91 Å². The minimum Gasteiger partial charge on any atom is -0.493 e. The van der Waals surface area contributed by atoms with Crippen molar-refractivity contribution >= 4 is 28.1 Å². The Kier molecular flexibility index (Phi) is 7.86. The Bertz CT molecular complexity index is 1010. The van der Waals surface area contributed by atoms with Crippen LogP contribution in [0.15, 0.2) is 82.4 Å². The molecule has 0 atom stereocenters. The highest BCUT2D eigenvalue weighted by atomic mass is 79.9. The lowest BCUT2D eigenvalue weighted by molar-refractivity contribution is 0.0955. The lowest BCUT2D eigenvalue weighted by Crippen LogP contribution is -2.17. The molecule has 0 radical (unpaired) electrons. The molecule has 0 fully saturated rings. The number of methoxy groups -OCH3 is 1. The molecule has 0 saturated heterocycles. The van der Waals surface area contributed by atoms with E-state index in [4.69, 9.17) is 14.2 Å². The Morgan fingerprint density at radius 2 is 1.60 bits per heavy atom. The highest BCUT2D eigenvalue weighted by Crippen LogP contribution is 2.26. The molecule has 0 heterocycles. The normalized spacial score (nSPS) is 10.6. The average Bonchev–Trinajstić information content (AvgIpc) is 2.78. The van der Waals surface area contributed by atoms with Gasteiger partial charge in [-0.15, -0.1) is 0 Å². The number of ether oxygens (including phenoxy) is 3. The first-order valence-corrected chi connectivity index (χ1v) is 10.0. The highest BCUT2D eigenvalue weighted by molar-refractivity contribution is 9.10. The molecule has 0 aliphatic carbocycles. The third-order valence-electron chi connectivity index (χ3n) is 4.05. The number of hydrogen-bond acceptors (Lipinski definition) is 5. The largest absolute Gasteiger partial charge is 0.493 e. The molecule has 0 unspecified atom stereocenters. The van der Waals surface area contributed by atoms with E-state index < -0.39 is 0 Å². The summed E-state index contributed by atoms with van der Waals surface area (Å²) in [4.78, 5) is 12.1. The summed E-state index contributed by atoms with van der Waals surface area (Å²) in [5, 5.41) is 4.05. The number of para-hydroxylation sites is 2.